The molecule has 2 aromatic heterocycles. The van der Waals surface area contributed by atoms with E-state index in [1.54, 1.807) is 60.6 Å². The molecule has 3 atom stereocenters. The maximum Gasteiger partial charge on any atom is 0.259 e. The Morgan fingerprint density at radius 3 is 2.69 bits per heavy atom. The second-order valence-electron chi connectivity index (χ2n) is 8.08. The van der Waals surface area contributed by atoms with E-state index in [0.717, 1.165) is 5.56 Å². The first-order valence-electron chi connectivity index (χ1n) is 10.5. The van der Waals surface area contributed by atoms with Crippen molar-refractivity contribution in [3.05, 3.63) is 53.5 Å². The van der Waals surface area contributed by atoms with Gasteiger partial charge in [0.2, 0.25) is 11.8 Å². The highest BCUT2D eigenvalue weighted by molar-refractivity contribution is 5.97. The molecule has 1 N–H and O–H groups in total. The Labute approximate surface area is 188 Å². The third-order valence-electron chi connectivity index (χ3n) is 5.54. The van der Waals surface area contributed by atoms with Gasteiger partial charge in [0, 0.05) is 56.2 Å². The largest absolute Gasteiger partial charge is 0.472 e. The van der Waals surface area contributed by atoms with Crippen LogP contribution in [0.2, 0.25) is 0 Å². The van der Waals surface area contributed by atoms with Crippen LogP contribution in [0.4, 0.5) is 0 Å². The van der Waals surface area contributed by atoms with Crippen LogP contribution in [0.3, 0.4) is 0 Å². The van der Waals surface area contributed by atoms with Gasteiger partial charge in [-0.15, -0.1) is 0 Å². The van der Waals surface area contributed by atoms with Crippen LogP contribution in [-0.4, -0.2) is 75.6 Å². The molecule has 8 heteroatoms. The second-order valence-corrected chi connectivity index (χ2v) is 8.08. The SMILES string of the molecule is CC(=O)N(C)C[C@@H]1Oc2ncc(C#Cc3ccncc3)cc2C(=O)N([C@@H](C)CO)C[C@H]1C. The van der Waals surface area contributed by atoms with E-state index in [2.05, 4.69) is 21.8 Å². The predicted octanol–water partition coefficient (Wildman–Crippen LogP) is 1.57. The van der Waals surface area contributed by atoms with Crippen molar-refractivity contribution in [3.63, 3.8) is 0 Å². The number of amides is 2. The number of likely N-dealkylation sites (N-methyl/N-ethyl adjacent to an activating group) is 1. The van der Waals surface area contributed by atoms with Crippen LogP contribution in [-0.2, 0) is 4.79 Å². The molecular formula is C24H28N4O4. The van der Waals surface area contributed by atoms with Gasteiger partial charge in [0.25, 0.3) is 5.91 Å². The van der Waals surface area contributed by atoms with Gasteiger partial charge in [0.05, 0.1) is 19.2 Å². The van der Waals surface area contributed by atoms with Crippen molar-refractivity contribution >= 4 is 11.8 Å². The maximum absolute atomic E-state index is 13.4. The van der Waals surface area contributed by atoms with Crippen LogP contribution in [0.15, 0.2) is 36.8 Å². The summed E-state index contributed by atoms with van der Waals surface area (Å²) in [4.78, 5) is 36.7. The van der Waals surface area contributed by atoms with Crippen LogP contribution in [0.1, 0.15) is 42.3 Å². The fourth-order valence-electron chi connectivity index (χ4n) is 3.37. The van der Waals surface area contributed by atoms with Crippen LogP contribution < -0.4 is 4.74 Å². The number of carbonyl (C=O) groups excluding carboxylic acids is 2. The van der Waals surface area contributed by atoms with Crippen molar-refractivity contribution in [3.8, 4) is 17.7 Å². The number of carbonyl (C=O) groups is 2. The van der Waals surface area contributed by atoms with Gasteiger partial charge in [0.15, 0.2) is 0 Å². The molecule has 0 fully saturated rings. The Morgan fingerprint density at radius 2 is 2.03 bits per heavy atom. The van der Waals surface area contributed by atoms with Crippen LogP contribution in [0.5, 0.6) is 5.88 Å². The summed E-state index contributed by atoms with van der Waals surface area (Å²) in [5.74, 6) is 5.82. The maximum atomic E-state index is 13.4. The van der Waals surface area contributed by atoms with Gasteiger partial charge in [-0.25, -0.2) is 4.98 Å². The molecule has 3 heterocycles. The summed E-state index contributed by atoms with van der Waals surface area (Å²) in [6, 6.07) is 4.88. The number of fused-ring (bicyclic) bond motifs is 1. The van der Waals surface area contributed by atoms with E-state index in [4.69, 9.17) is 4.74 Å². The van der Waals surface area contributed by atoms with Crippen LogP contribution >= 0.6 is 0 Å². The van der Waals surface area contributed by atoms with Gasteiger partial charge in [0.1, 0.15) is 11.7 Å². The third kappa shape index (κ3) is 5.42. The minimum absolute atomic E-state index is 0.0746. The molecule has 2 amide bonds. The van der Waals surface area contributed by atoms with Gasteiger partial charge in [-0.3, -0.25) is 14.6 Å². The van der Waals surface area contributed by atoms with Gasteiger partial charge in [-0.05, 0) is 25.1 Å². The number of hydrogen-bond acceptors (Lipinski definition) is 6. The topological polar surface area (TPSA) is 95.9 Å². The van der Waals surface area contributed by atoms with Crippen molar-refractivity contribution in [1.82, 2.24) is 19.8 Å². The molecule has 0 aliphatic carbocycles. The predicted molar refractivity (Wildman–Crippen MR) is 119 cm³/mol. The van der Waals surface area contributed by atoms with E-state index < -0.39 is 0 Å². The average Bonchev–Trinajstić information content (AvgIpc) is 2.80. The summed E-state index contributed by atoms with van der Waals surface area (Å²) >= 11 is 0. The smallest absolute Gasteiger partial charge is 0.259 e. The van der Waals surface area contributed by atoms with Gasteiger partial charge in [-0.2, -0.15) is 0 Å². The standard InChI is InChI=1S/C24H28N4O4/c1-16-13-28(17(2)15-29)24(31)21-11-20(6-5-19-7-9-25-10-8-19)12-26-23(21)32-22(16)14-27(4)18(3)30/h7-12,16-17,22,29H,13-15H2,1-4H3/t16-,17+,22+/m1/s1. The summed E-state index contributed by atoms with van der Waals surface area (Å²) in [6.45, 7) is 5.82. The lowest BCUT2D eigenvalue weighted by molar-refractivity contribution is -0.129. The highest BCUT2D eigenvalue weighted by atomic mass is 16.5. The zero-order valence-corrected chi connectivity index (χ0v) is 18.8. The number of aliphatic hydroxyl groups is 1. The minimum atomic E-state index is -0.381. The van der Waals surface area contributed by atoms with E-state index in [1.807, 2.05) is 6.92 Å². The number of hydrogen-bond donors (Lipinski definition) is 1. The summed E-state index contributed by atoms with van der Waals surface area (Å²) in [5, 5.41) is 9.73. The molecule has 1 aliphatic rings. The molecule has 0 unspecified atom stereocenters. The molecule has 3 rings (SSSR count). The molecule has 0 saturated heterocycles. The van der Waals surface area contributed by atoms with Crippen LogP contribution in [0, 0.1) is 17.8 Å². The lowest BCUT2D eigenvalue weighted by Crippen LogP contribution is -2.50. The van der Waals surface area contributed by atoms with Gasteiger partial charge < -0.3 is 19.6 Å². The zero-order valence-electron chi connectivity index (χ0n) is 18.8. The molecule has 8 nitrogen and oxygen atoms in total. The first-order chi connectivity index (χ1) is 15.3. The Kier molecular flexibility index (Phi) is 7.44. The molecule has 0 aromatic carbocycles. The number of nitrogens with zero attached hydrogens (tertiary/aromatic N) is 4. The fourth-order valence-corrected chi connectivity index (χ4v) is 3.37. The lowest BCUT2D eigenvalue weighted by Gasteiger charge is -2.37. The Hall–Kier alpha value is -3.44. The summed E-state index contributed by atoms with van der Waals surface area (Å²) in [6.07, 6.45) is 4.52. The van der Waals surface area contributed by atoms with E-state index in [9.17, 15) is 14.7 Å². The highest BCUT2D eigenvalue weighted by Crippen LogP contribution is 2.27. The quantitative estimate of drug-likeness (QED) is 0.731. The van der Waals surface area contributed by atoms with Gasteiger partial charge >= 0.3 is 0 Å². The molecule has 2 aromatic rings. The van der Waals surface area contributed by atoms with Crippen molar-refractivity contribution < 1.29 is 19.4 Å². The van der Waals surface area contributed by atoms with E-state index in [0.29, 0.717) is 18.7 Å². The van der Waals surface area contributed by atoms with Crippen molar-refractivity contribution in [1.29, 1.82) is 0 Å². The molecule has 0 spiro atoms. The Balaban J connectivity index is 2.00. The molecule has 32 heavy (non-hydrogen) atoms. The Morgan fingerprint density at radius 1 is 1.34 bits per heavy atom. The average molecular weight is 437 g/mol. The normalized spacial score (nSPS) is 18.9. The lowest BCUT2D eigenvalue weighted by atomic mass is 10.00. The van der Waals surface area contributed by atoms with E-state index in [-0.39, 0.29) is 47.9 Å². The summed E-state index contributed by atoms with van der Waals surface area (Å²) in [5.41, 5.74) is 1.65. The number of ether oxygens (including phenoxy) is 1. The van der Waals surface area contributed by atoms with Crippen molar-refractivity contribution in [2.75, 3.05) is 26.7 Å². The molecule has 0 radical (unpaired) electrons. The zero-order chi connectivity index (χ0) is 23.3. The minimum Gasteiger partial charge on any atom is -0.472 e. The van der Waals surface area contributed by atoms with Gasteiger partial charge in [-0.1, -0.05) is 18.8 Å². The first-order valence-corrected chi connectivity index (χ1v) is 10.5. The molecule has 168 valence electrons. The summed E-state index contributed by atoms with van der Waals surface area (Å²) in [7, 11) is 1.71. The number of aromatic nitrogens is 2. The third-order valence-corrected chi connectivity index (χ3v) is 5.54. The number of rotatable bonds is 4. The number of aliphatic hydroxyl groups excluding tert-OH is 1. The number of pyridine rings is 2. The second kappa shape index (κ2) is 10.2. The fraction of sp³-hybridized carbons (Fsp3) is 0.417. The first kappa shape index (κ1) is 23.2. The van der Waals surface area contributed by atoms with Crippen molar-refractivity contribution in [2.24, 2.45) is 5.92 Å². The monoisotopic (exact) mass is 436 g/mol. The molecule has 0 bridgehead atoms. The van der Waals surface area contributed by atoms with Crippen molar-refractivity contribution in [2.45, 2.75) is 32.9 Å². The van der Waals surface area contributed by atoms with E-state index in [1.165, 1.54) is 6.92 Å². The molecule has 1 aliphatic heterocycles. The Bertz CT molecular complexity index is 1030. The highest BCUT2D eigenvalue weighted by Gasteiger charge is 2.34. The van der Waals surface area contributed by atoms with E-state index >= 15 is 0 Å². The molecular weight excluding hydrogens is 408 g/mol. The molecule has 0 saturated carbocycles. The summed E-state index contributed by atoms with van der Waals surface area (Å²) < 4.78 is 6.15. The van der Waals surface area contributed by atoms with Crippen LogP contribution in [0.25, 0.3) is 0 Å².